The van der Waals surface area contributed by atoms with Gasteiger partial charge in [-0.15, -0.1) is 0 Å². The molecule has 0 aliphatic heterocycles. The van der Waals surface area contributed by atoms with Crippen LogP contribution in [0.2, 0.25) is 5.02 Å². The topological polar surface area (TPSA) is 76.1 Å². The van der Waals surface area contributed by atoms with E-state index in [0.717, 1.165) is 51.2 Å². The quantitative estimate of drug-likeness (QED) is 0.486. The van der Waals surface area contributed by atoms with Gasteiger partial charge in [-0.3, -0.25) is 4.79 Å². The van der Waals surface area contributed by atoms with Crippen molar-refractivity contribution >= 4 is 56.1 Å². The molecule has 9 heteroatoms. The zero-order valence-electron chi connectivity index (χ0n) is 17.3. The molecule has 0 radical (unpaired) electrons. The minimum Gasteiger partial charge on any atom is -0.495 e. The first-order valence-corrected chi connectivity index (χ1v) is 11.7. The first kappa shape index (κ1) is 21.1. The fourth-order valence-electron chi connectivity index (χ4n) is 3.11. The lowest BCUT2D eigenvalue weighted by Crippen LogP contribution is -2.27. The van der Waals surface area contributed by atoms with E-state index < -0.39 is 5.41 Å². The highest BCUT2D eigenvalue weighted by Crippen LogP contribution is 2.44. The van der Waals surface area contributed by atoms with Crippen LogP contribution in [0.5, 0.6) is 5.75 Å². The molecule has 4 rings (SSSR count). The Morgan fingerprint density at radius 3 is 2.37 bits per heavy atom. The second-order valence-electron chi connectivity index (χ2n) is 8.12. The maximum absolute atomic E-state index is 12.4. The van der Waals surface area contributed by atoms with Crippen LogP contribution in [0.4, 0.5) is 16.0 Å². The van der Waals surface area contributed by atoms with E-state index in [-0.39, 0.29) is 5.91 Å². The molecular weight excluding hydrogens is 440 g/mol. The van der Waals surface area contributed by atoms with Gasteiger partial charge >= 0.3 is 0 Å². The Morgan fingerprint density at radius 1 is 1.10 bits per heavy atom. The molecule has 1 amide bonds. The number of carbonyl (C=O) groups excluding carboxylic acids is 1. The second-order valence-corrected chi connectivity index (χ2v) is 10.6. The van der Waals surface area contributed by atoms with Crippen molar-refractivity contribution in [3.8, 4) is 15.5 Å². The van der Waals surface area contributed by atoms with Crippen molar-refractivity contribution in [2.24, 2.45) is 5.41 Å². The molecule has 0 unspecified atom stereocenters. The summed E-state index contributed by atoms with van der Waals surface area (Å²) in [4.78, 5) is 24.1. The molecule has 3 aromatic rings. The van der Waals surface area contributed by atoms with Crippen molar-refractivity contribution in [1.82, 2.24) is 9.97 Å². The number of ether oxygens (including phenoxy) is 1. The number of methoxy groups -OCH3 is 1. The minimum absolute atomic E-state index is 0.0358. The maximum Gasteiger partial charge on any atom is 0.231 e. The van der Waals surface area contributed by atoms with Crippen LogP contribution in [-0.2, 0) is 17.6 Å². The number of fused-ring (bicyclic) bond motifs is 3. The molecule has 30 heavy (non-hydrogen) atoms. The fourth-order valence-corrected chi connectivity index (χ4v) is 5.48. The van der Waals surface area contributed by atoms with Gasteiger partial charge < -0.3 is 15.4 Å². The highest BCUT2D eigenvalue weighted by Gasteiger charge is 2.26. The van der Waals surface area contributed by atoms with E-state index in [2.05, 4.69) is 10.6 Å². The number of benzene rings is 1. The van der Waals surface area contributed by atoms with Crippen molar-refractivity contribution in [1.29, 1.82) is 0 Å². The zero-order valence-corrected chi connectivity index (χ0v) is 19.6. The lowest BCUT2D eigenvalue weighted by Gasteiger charge is -2.15. The van der Waals surface area contributed by atoms with Gasteiger partial charge in [0.2, 0.25) is 5.91 Å². The summed E-state index contributed by atoms with van der Waals surface area (Å²) in [5.41, 5.74) is 2.39. The van der Waals surface area contributed by atoms with Gasteiger partial charge in [-0.05, 0) is 37.5 Å². The summed E-state index contributed by atoms with van der Waals surface area (Å²) in [5.74, 6) is 0.668. The number of hydrogen-bond acceptors (Lipinski definition) is 7. The Balaban J connectivity index is 1.65. The van der Waals surface area contributed by atoms with Gasteiger partial charge in [0.1, 0.15) is 5.75 Å². The van der Waals surface area contributed by atoms with Gasteiger partial charge in [0.25, 0.3) is 0 Å². The minimum atomic E-state index is -0.466. The number of rotatable bonds is 4. The normalized spacial score (nSPS) is 13.2. The van der Waals surface area contributed by atoms with Crippen LogP contribution in [0.3, 0.4) is 0 Å². The van der Waals surface area contributed by atoms with Crippen molar-refractivity contribution in [3.05, 3.63) is 34.6 Å². The molecule has 1 aliphatic carbocycles. The number of amides is 1. The Bertz CT molecular complexity index is 1100. The van der Waals surface area contributed by atoms with Gasteiger partial charge in [-0.2, -0.15) is 0 Å². The second kappa shape index (κ2) is 8.17. The third-order valence-electron chi connectivity index (χ3n) is 4.73. The summed E-state index contributed by atoms with van der Waals surface area (Å²) in [6.07, 6.45) is 2.75. The average molecular weight is 463 g/mol. The largest absolute Gasteiger partial charge is 0.495 e. The third-order valence-corrected chi connectivity index (χ3v) is 7.16. The molecule has 0 saturated carbocycles. The molecular formula is C21H23ClN4O2S2. The Hall–Kier alpha value is -2.16. The SMILES string of the molecule is COc1ccc(Cl)cc1Nc1nc2c(s1)-c1sc(NC(=O)C(C)(C)C)nc1CCC2. The lowest BCUT2D eigenvalue weighted by atomic mass is 9.96. The number of nitrogens with one attached hydrogen (secondary N) is 2. The summed E-state index contributed by atoms with van der Waals surface area (Å²) in [6.45, 7) is 5.68. The van der Waals surface area contributed by atoms with E-state index in [1.54, 1.807) is 24.5 Å². The highest BCUT2D eigenvalue weighted by atomic mass is 35.5. The first-order chi connectivity index (χ1) is 14.2. The monoisotopic (exact) mass is 462 g/mol. The number of aromatic nitrogens is 2. The zero-order chi connectivity index (χ0) is 21.5. The molecule has 0 atom stereocenters. The van der Waals surface area contributed by atoms with Gasteiger partial charge in [0, 0.05) is 10.4 Å². The van der Waals surface area contributed by atoms with E-state index >= 15 is 0 Å². The van der Waals surface area contributed by atoms with Crippen molar-refractivity contribution in [2.75, 3.05) is 17.7 Å². The van der Waals surface area contributed by atoms with Gasteiger partial charge in [0.15, 0.2) is 10.3 Å². The molecule has 0 fully saturated rings. The van der Waals surface area contributed by atoms with Crippen LogP contribution in [0, 0.1) is 5.41 Å². The number of halogens is 1. The van der Waals surface area contributed by atoms with Crippen LogP contribution in [0.1, 0.15) is 38.6 Å². The number of anilines is 3. The molecule has 2 aromatic heterocycles. The Kier molecular flexibility index (Phi) is 5.74. The first-order valence-electron chi connectivity index (χ1n) is 9.66. The van der Waals surface area contributed by atoms with Crippen molar-refractivity contribution in [2.45, 2.75) is 40.0 Å². The molecule has 0 bridgehead atoms. The van der Waals surface area contributed by atoms with Crippen LogP contribution < -0.4 is 15.4 Å². The van der Waals surface area contributed by atoms with E-state index in [1.165, 1.54) is 11.3 Å². The van der Waals surface area contributed by atoms with E-state index in [1.807, 2.05) is 32.9 Å². The third kappa shape index (κ3) is 4.31. The molecule has 1 aromatic carbocycles. The summed E-state index contributed by atoms with van der Waals surface area (Å²) < 4.78 is 5.43. The van der Waals surface area contributed by atoms with Gasteiger partial charge in [-0.25, -0.2) is 9.97 Å². The van der Waals surface area contributed by atoms with E-state index in [9.17, 15) is 4.79 Å². The van der Waals surface area contributed by atoms with Crippen molar-refractivity contribution in [3.63, 3.8) is 0 Å². The molecule has 0 spiro atoms. The molecule has 6 nitrogen and oxygen atoms in total. The lowest BCUT2D eigenvalue weighted by molar-refractivity contribution is -0.123. The number of nitrogens with zero attached hydrogens (tertiary/aromatic N) is 2. The number of hydrogen-bond donors (Lipinski definition) is 2. The molecule has 2 N–H and O–H groups in total. The van der Waals surface area contributed by atoms with E-state index in [0.29, 0.717) is 15.9 Å². The smallest absolute Gasteiger partial charge is 0.231 e. The molecule has 1 aliphatic rings. The maximum atomic E-state index is 12.4. The molecule has 2 heterocycles. The van der Waals surface area contributed by atoms with Gasteiger partial charge in [-0.1, -0.05) is 55.0 Å². The summed E-state index contributed by atoms with van der Waals surface area (Å²) in [6, 6.07) is 5.44. The van der Waals surface area contributed by atoms with Crippen LogP contribution in [0.25, 0.3) is 9.75 Å². The van der Waals surface area contributed by atoms with Gasteiger partial charge in [0.05, 0.1) is 33.9 Å². The average Bonchev–Trinajstić information content (AvgIpc) is 3.21. The van der Waals surface area contributed by atoms with E-state index in [4.69, 9.17) is 26.3 Å². The van der Waals surface area contributed by atoms with Crippen LogP contribution in [0.15, 0.2) is 18.2 Å². The fraction of sp³-hybridized carbons (Fsp3) is 0.381. The molecule has 0 saturated heterocycles. The van der Waals surface area contributed by atoms with Crippen LogP contribution >= 0.6 is 34.3 Å². The Morgan fingerprint density at radius 2 is 1.73 bits per heavy atom. The van der Waals surface area contributed by atoms with Crippen LogP contribution in [-0.4, -0.2) is 23.0 Å². The number of carbonyl (C=O) groups is 1. The molecule has 158 valence electrons. The highest BCUT2D eigenvalue weighted by molar-refractivity contribution is 7.25. The summed E-state index contributed by atoms with van der Waals surface area (Å²) in [5, 5.41) is 8.36. The Labute approximate surface area is 188 Å². The predicted molar refractivity (Wildman–Crippen MR) is 125 cm³/mol. The predicted octanol–water partition coefficient (Wildman–Crippen LogP) is 6.15. The van der Waals surface area contributed by atoms with Crippen molar-refractivity contribution < 1.29 is 9.53 Å². The summed E-state index contributed by atoms with van der Waals surface area (Å²) >= 11 is 9.26. The standard InChI is InChI=1S/C21H23ClN4O2S2/c1-21(2,3)18(27)26-20-24-13-7-5-6-12-16(17(13)30-20)29-19(23-12)25-14-10-11(22)8-9-15(14)28-4/h8-10H,5-7H2,1-4H3,(H,23,25)(H,24,26,27). The number of thiazole rings is 2. The summed E-state index contributed by atoms with van der Waals surface area (Å²) in [7, 11) is 1.63. The number of aryl methyl sites for hydroxylation is 2.